The number of fused-ring (bicyclic) bond motifs is 3. The summed E-state index contributed by atoms with van der Waals surface area (Å²) in [6.07, 6.45) is 1.84. The summed E-state index contributed by atoms with van der Waals surface area (Å²) in [5.74, 6) is 0. The van der Waals surface area contributed by atoms with E-state index in [2.05, 4.69) is 9.97 Å². The van der Waals surface area contributed by atoms with E-state index in [9.17, 15) is 0 Å². The number of nitrogens with zero attached hydrogens (tertiary/aromatic N) is 1. The number of aromatic amines is 1. The predicted octanol–water partition coefficient (Wildman–Crippen LogP) is 2.86. The zero-order valence-electron chi connectivity index (χ0n) is 8.37. The summed E-state index contributed by atoms with van der Waals surface area (Å²) in [7, 11) is 0. The van der Waals surface area contributed by atoms with Crippen molar-refractivity contribution in [3.05, 3.63) is 41.2 Å². The minimum Gasteiger partial charge on any atom is -0.392 e. The monoisotopic (exact) mass is 232 g/mol. The van der Waals surface area contributed by atoms with Crippen molar-refractivity contribution in [2.45, 2.75) is 6.61 Å². The highest BCUT2D eigenvalue weighted by Crippen LogP contribution is 2.28. The number of pyridine rings is 1. The highest BCUT2D eigenvalue weighted by molar-refractivity contribution is 6.35. The molecule has 1 aromatic carbocycles. The van der Waals surface area contributed by atoms with Crippen LogP contribution in [0.3, 0.4) is 0 Å². The molecule has 3 nitrogen and oxygen atoms in total. The summed E-state index contributed by atoms with van der Waals surface area (Å²) in [4.78, 5) is 7.46. The molecular weight excluding hydrogens is 224 g/mol. The van der Waals surface area contributed by atoms with Crippen LogP contribution >= 0.6 is 11.6 Å². The Morgan fingerprint density at radius 3 is 2.94 bits per heavy atom. The number of halogens is 1. The second kappa shape index (κ2) is 3.47. The van der Waals surface area contributed by atoms with E-state index in [4.69, 9.17) is 16.7 Å². The first-order valence-electron chi connectivity index (χ1n) is 4.95. The Bertz CT molecular complexity index is 675. The predicted molar refractivity (Wildman–Crippen MR) is 64.5 cm³/mol. The van der Waals surface area contributed by atoms with Gasteiger partial charge in [0.2, 0.25) is 0 Å². The third-order valence-electron chi connectivity index (χ3n) is 2.70. The van der Waals surface area contributed by atoms with Crippen LogP contribution in [0.4, 0.5) is 0 Å². The molecule has 0 saturated heterocycles. The Morgan fingerprint density at radius 2 is 2.12 bits per heavy atom. The average molecular weight is 233 g/mol. The number of benzene rings is 1. The molecule has 0 saturated carbocycles. The molecule has 0 amide bonds. The summed E-state index contributed by atoms with van der Waals surface area (Å²) < 4.78 is 0. The molecule has 16 heavy (non-hydrogen) atoms. The lowest BCUT2D eigenvalue weighted by molar-refractivity contribution is 0.282. The molecular formula is C12H9ClN2O. The van der Waals surface area contributed by atoms with Crippen LogP contribution in [-0.2, 0) is 6.61 Å². The molecule has 80 valence electrons. The quantitative estimate of drug-likeness (QED) is 0.634. The third-order valence-corrected chi connectivity index (χ3v) is 2.99. The van der Waals surface area contributed by atoms with Crippen molar-refractivity contribution in [3.8, 4) is 0 Å². The molecule has 0 spiro atoms. The van der Waals surface area contributed by atoms with Crippen LogP contribution in [-0.4, -0.2) is 15.1 Å². The Hall–Kier alpha value is -1.58. The summed E-state index contributed by atoms with van der Waals surface area (Å²) >= 11 is 6.07. The maximum atomic E-state index is 9.12. The highest BCUT2D eigenvalue weighted by Gasteiger charge is 2.07. The van der Waals surface area contributed by atoms with E-state index < -0.39 is 0 Å². The molecule has 2 N–H and O–H groups in total. The molecule has 2 heterocycles. The molecule has 0 atom stereocenters. The second-order valence-electron chi connectivity index (χ2n) is 3.68. The minimum absolute atomic E-state index is 0.0285. The Kier molecular flexibility index (Phi) is 2.09. The Morgan fingerprint density at radius 1 is 1.25 bits per heavy atom. The van der Waals surface area contributed by atoms with Crippen LogP contribution in [0.25, 0.3) is 21.8 Å². The fraction of sp³-hybridized carbons (Fsp3) is 0.0833. The lowest BCUT2D eigenvalue weighted by Crippen LogP contribution is -1.87. The molecule has 0 aliphatic rings. The summed E-state index contributed by atoms with van der Waals surface area (Å²) in [5.41, 5.74) is 2.66. The van der Waals surface area contributed by atoms with Crippen molar-refractivity contribution >= 4 is 33.4 Å². The first kappa shape index (κ1) is 9.63. The van der Waals surface area contributed by atoms with Crippen molar-refractivity contribution in [2.24, 2.45) is 0 Å². The zero-order valence-corrected chi connectivity index (χ0v) is 9.12. The molecule has 0 fully saturated rings. The Balaban J connectivity index is 2.50. The van der Waals surface area contributed by atoms with Crippen molar-refractivity contribution in [1.82, 2.24) is 9.97 Å². The number of aliphatic hydroxyl groups is 1. The van der Waals surface area contributed by atoms with E-state index in [1.807, 2.05) is 30.5 Å². The molecule has 4 heteroatoms. The number of nitrogens with one attached hydrogen (secondary N) is 1. The standard InChI is InChI=1S/C12H9ClN2O/c13-12-8-3-4-14-11(8)9-5-7(6-16)1-2-10(9)15-12/h1-5,14,16H,6H2. The number of H-pyrrole nitrogens is 1. The molecule has 3 rings (SSSR count). The fourth-order valence-electron chi connectivity index (χ4n) is 1.91. The summed E-state index contributed by atoms with van der Waals surface area (Å²) in [6, 6.07) is 7.54. The van der Waals surface area contributed by atoms with E-state index >= 15 is 0 Å². The number of rotatable bonds is 1. The molecule has 2 aromatic heterocycles. The van der Waals surface area contributed by atoms with Crippen molar-refractivity contribution < 1.29 is 5.11 Å². The van der Waals surface area contributed by atoms with E-state index in [-0.39, 0.29) is 6.61 Å². The molecule has 3 aromatic rings. The van der Waals surface area contributed by atoms with Gasteiger partial charge < -0.3 is 10.1 Å². The van der Waals surface area contributed by atoms with Gasteiger partial charge in [-0.15, -0.1) is 0 Å². The van der Waals surface area contributed by atoms with Gasteiger partial charge in [-0.3, -0.25) is 0 Å². The van der Waals surface area contributed by atoms with Gasteiger partial charge in [0.15, 0.2) is 0 Å². The van der Waals surface area contributed by atoms with Gasteiger partial charge in [0, 0.05) is 17.0 Å². The van der Waals surface area contributed by atoms with Crippen LogP contribution in [0, 0.1) is 0 Å². The summed E-state index contributed by atoms with van der Waals surface area (Å²) in [6.45, 7) is 0.0285. The van der Waals surface area contributed by atoms with E-state index in [1.54, 1.807) is 0 Å². The van der Waals surface area contributed by atoms with Crippen LogP contribution < -0.4 is 0 Å². The first-order valence-corrected chi connectivity index (χ1v) is 5.33. The largest absolute Gasteiger partial charge is 0.392 e. The number of hydrogen-bond acceptors (Lipinski definition) is 2. The average Bonchev–Trinajstić information content (AvgIpc) is 2.78. The maximum Gasteiger partial charge on any atom is 0.139 e. The molecule has 0 radical (unpaired) electrons. The number of aliphatic hydroxyl groups excluding tert-OH is 1. The third kappa shape index (κ3) is 1.29. The fourth-order valence-corrected chi connectivity index (χ4v) is 2.16. The van der Waals surface area contributed by atoms with Crippen molar-refractivity contribution in [2.75, 3.05) is 0 Å². The van der Waals surface area contributed by atoms with Gasteiger partial charge in [-0.05, 0) is 23.8 Å². The van der Waals surface area contributed by atoms with Gasteiger partial charge in [-0.1, -0.05) is 17.7 Å². The van der Waals surface area contributed by atoms with Gasteiger partial charge in [-0.25, -0.2) is 4.98 Å². The topological polar surface area (TPSA) is 48.9 Å². The zero-order chi connectivity index (χ0) is 11.1. The van der Waals surface area contributed by atoms with E-state index in [0.717, 1.165) is 27.4 Å². The van der Waals surface area contributed by atoms with Crippen molar-refractivity contribution in [1.29, 1.82) is 0 Å². The number of hydrogen-bond donors (Lipinski definition) is 2. The minimum atomic E-state index is 0.0285. The SMILES string of the molecule is OCc1ccc2nc(Cl)c3cc[nH]c3c2c1. The highest BCUT2D eigenvalue weighted by atomic mass is 35.5. The van der Waals surface area contributed by atoms with Crippen LogP contribution in [0.15, 0.2) is 30.5 Å². The number of aromatic nitrogens is 2. The normalized spacial score (nSPS) is 11.4. The lowest BCUT2D eigenvalue weighted by atomic mass is 10.1. The molecule has 0 aliphatic carbocycles. The van der Waals surface area contributed by atoms with Gasteiger partial charge >= 0.3 is 0 Å². The molecule has 0 bridgehead atoms. The van der Waals surface area contributed by atoms with Gasteiger partial charge in [0.25, 0.3) is 0 Å². The Labute approximate surface area is 96.7 Å². The molecule has 0 unspecified atom stereocenters. The molecule has 0 aliphatic heterocycles. The summed E-state index contributed by atoms with van der Waals surface area (Å²) in [5, 5.41) is 11.5. The maximum absolute atomic E-state index is 9.12. The van der Waals surface area contributed by atoms with E-state index in [1.165, 1.54) is 0 Å². The smallest absolute Gasteiger partial charge is 0.139 e. The van der Waals surface area contributed by atoms with Gasteiger partial charge in [-0.2, -0.15) is 0 Å². The van der Waals surface area contributed by atoms with Crippen LogP contribution in [0.5, 0.6) is 0 Å². The van der Waals surface area contributed by atoms with Crippen LogP contribution in [0.1, 0.15) is 5.56 Å². The lowest BCUT2D eigenvalue weighted by Gasteiger charge is -2.03. The first-order chi connectivity index (χ1) is 7.79. The van der Waals surface area contributed by atoms with Gasteiger partial charge in [0.1, 0.15) is 5.15 Å². The van der Waals surface area contributed by atoms with Gasteiger partial charge in [0.05, 0.1) is 17.6 Å². The van der Waals surface area contributed by atoms with Crippen molar-refractivity contribution in [3.63, 3.8) is 0 Å². The van der Waals surface area contributed by atoms with E-state index in [0.29, 0.717) is 5.15 Å². The second-order valence-corrected chi connectivity index (χ2v) is 4.04. The van der Waals surface area contributed by atoms with Crippen LogP contribution in [0.2, 0.25) is 5.15 Å².